The van der Waals surface area contributed by atoms with Crippen molar-refractivity contribution in [1.29, 1.82) is 0 Å². The Morgan fingerprint density at radius 2 is 1.75 bits per heavy atom. The average molecular weight is 269 g/mol. The Morgan fingerprint density at radius 3 is 2.45 bits per heavy atom. The minimum Gasteiger partial charge on any atom is -0.399 e. The number of nitrogens with two attached hydrogens (primary N) is 2. The molecular formula is C14H15N5O. The summed E-state index contributed by atoms with van der Waals surface area (Å²) in [6.45, 7) is 0. The van der Waals surface area contributed by atoms with Crippen molar-refractivity contribution in [3.05, 3.63) is 48.8 Å². The second-order valence-electron chi connectivity index (χ2n) is 4.06. The van der Waals surface area contributed by atoms with Crippen molar-refractivity contribution >= 4 is 34.5 Å². The Kier molecular flexibility index (Phi) is 4.18. The Bertz CT molecular complexity index is 690. The number of anilines is 3. The molecule has 0 aliphatic heterocycles. The molecule has 0 fully saturated rings. The second-order valence-corrected chi connectivity index (χ2v) is 4.06. The van der Waals surface area contributed by atoms with E-state index in [0.29, 0.717) is 12.1 Å². The van der Waals surface area contributed by atoms with Crippen LogP contribution in [0.15, 0.2) is 48.8 Å². The summed E-state index contributed by atoms with van der Waals surface area (Å²) < 4.78 is 0. The molecule has 3 aromatic rings. The Labute approximate surface area is 115 Å². The van der Waals surface area contributed by atoms with Gasteiger partial charge in [-0.15, -0.1) is 0 Å². The fourth-order valence-electron chi connectivity index (χ4n) is 1.60. The third-order valence-corrected chi connectivity index (χ3v) is 2.58. The molecule has 3 rings (SSSR count). The smallest absolute Gasteiger partial charge is 0.211 e. The van der Waals surface area contributed by atoms with Gasteiger partial charge in [0.05, 0.1) is 17.4 Å². The molecule has 1 aromatic heterocycles. The fraction of sp³-hybridized carbons (Fsp3) is 0. The van der Waals surface area contributed by atoms with Crippen molar-refractivity contribution in [3.8, 4) is 0 Å². The standard InChI is InChI=1S/C7H7N3.C7H8N2O/c8-5-1-2-6-7(3-5)10-4-9-6;8-6-1-3-7(4-2-6)9-5-10/h1-4H,8H2,(H,9,10);1-5H,8H2,(H,9,10). The highest BCUT2D eigenvalue weighted by Gasteiger charge is 1.93. The number of carbonyl (C=O) groups excluding carboxylic acids is 1. The number of amides is 1. The number of aromatic amines is 1. The van der Waals surface area contributed by atoms with Crippen LogP contribution in [0.2, 0.25) is 0 Å². The molecule has 2 aromatic carbocycles. The van der Waals surface area contributed by atoms with Crippen LogP contribution in [0.5, 0.6) is 0 Å². The quantitative estimate of drug-likeness (QED) is 0.421. The van der Waals surface area contributed by atoms with Crippen LogP contribution in [0.4, 0.5) is 17.1 Å². The molecule has 0 aliphatic carbocycles. The van der Waals surface area contributed by atoms with E-state index in [4.69, 9.17) is 11.5 Å². The minimum atomic E-state index is 0.630. The van der Waals surface area contributed by atoms with Crippen molar-refractivity contribution in [2.45, 2.75) is 0 Å². The number of nitrogen functional groups attached to an aromatic ring is 2. The van der Waals surface area contributed by atoms with Crippen molar-refractivity contribution in [2.75, 3.05) is 16.8 Å². The maximum atomic E-state index is 9.92. The Morgan fingerprint density at radius 1 is 1.05 bits per heavy atom. The van der Waals surface area contributed by atoms with Gasteiger partial charge in [-0.2, -0.15) is 0 Å². The maximum absolute atomic E-state index is 9.92. The van der Waals surface area contributed by atoms with Crippen LogP contribution in [0, 0.1) is 0 Å². The molecule has 1 amide bonds. The van der Waals surface area contributed by atoms with E-state index in [-0.39, 0.29) is 0 Å². The summed E-state index contributed by atoms with van der Waals surface area (Å²) in [7, 11) is 0. The van der Waals surface area contributed by atoms with Gasteiger partial charge < -0.3 is 21.8 Å². The highest BCUT2D eigenvalue weighted by Crippen LogP contribution is 2.11. The Balaban J connectivity index is 0.000000147. The van der Waals surface area contributed by atoms with Crippen molar-refractivity contribution in [3.63, 3.8) is 0 Å². The predicted octanol–water partition coefficient (Wildman–Crippen LogP) is 1.98. The van der Waals surface area contributed by atoms with Crippen LogP contribution >= 0.6 is 0 Å². The molecule has 6 nitrogen and oxygen atoms in total. The molecule has 0 aliphatic rings. The van der Waals surface area contributed by atoms with Gasteiger partial charge in [-0.05, 0) is 42.5 Å². The number of nitrogens with one attached hydrogen (secondary N) is 2. The zero-order valence-corrected chi connectivity index (χ0v) is 10.7. The van der Waals surface area contributed by atoms with E-state index in [1.807, 2.05) is 18.2 Å². The summed E-state index contributed by atoms with van der Waals surface area (Å²) in [6, 6.07) is 12.5. The van der Waals surface area contributed by atoms with Crippen LogP contribution in [-0.2, 0) is 4.79 Å². The van der Waals surface area contributed by atoms with Crippen LogP contribution in [0.1, 0.15) is 0 Å². The van der Waals surface area contributed by atoms with Gasteiger partial charge in [0.1, 0.15) is 0 Å². The molecule has 0 atom stereocenters. The SMILES string of the molecule is Nc1ccc(NC=O)cc1.Nc1ccc2nc[nH]c2c1. The van der Waals surface area contributed by atoms with Crippen LogP contribution in [0.3, 0.4) is 0 Å². The van der Waals surface area contributed by atoms with E-state index in [2.05, 4.69) is 15.3 Å². The van der Waals surface area contributed by atoms with Crippen LogP contribution < -0.4 is 16.8 Å². The number of fused-ring (bicyclic) bond motifs is 1. The van der Waals surface area contributed by atoms with E-state index < -0.39 is 0 Å². The molecular weight excluding hydrogens is 254 g/mol. The number of benzene rings is 2. The topological polar surface area (TPSA) is 110 Å². The zero-order valence-electron chi connectivity index (χ0n) is 10.7. The zero-order chi connectivity index (χ0) is 14.4. The van der Waals surface area contributed by atoms with Gasteiger partial charge in [-0.25, -0.2) is 4.98 Å². The number of hydrogen-bond donors (Lipinski definition) is 4. The lowest BCUT2D eigenvalue weighted by molar-refractivity contribution is -0.105. The molecule has 0 saturated heterocycles. The number of H-pyrrole nitrogens is 1. The lowest BCUT2D eigenvalue weighted by Gasteiger charge is -1.96. The third-order valence-electron chi connectivity index (χ3n) is 2.58. The number of rotatable bonds is 2. The molecule has 0 bridgehead atoms. The van der Waals surface area contributed by atoms with Gasteiger partial charge in [-0.1, -0.05) is 0 Å². The van der Waals surface area contributed by atoms with Crippen molar-refractivity contribution < 1.29 is 4.79 Å². The summed E-state index contributed by atoms with van der Waals surface area (Å²) >= 11 is 0. The first-order valence-electron chi connectivity index (χ1n) is 5.93. The van der Waals surface area contributed by atoms with Gasteiger partial charge in [0.2, 0.25) is 6.41 Å². The van der Waals surface area contributed by atoms with E-state index in [1.165, 1.54) is 0 Å². The lowest BCUT2D eigenvalue weighted by Crippen LogP contribution is -1.93. The average Bonchev–Trinajstić information content (AvgIpc) is 2.90. The summed E-state index contributed by atoms with van der Waals surface area (Å²) in [6.07, 6.45) is 2.29. The number of hydrogen-bond acceptors (Lipinski definition) is 4. The van der Waals surface area contributed by atoms with Crippen molar-refractivity contribution in [2.24, 2.45) is 0 Å². The first-order chi connectivity index (χ1) is 9.69. The number of aromatic nitrogens is 2. The maximum Gasteiger partial charge on any atom is 0.211 e. The summed E-state index contributed by atoms with van der Waals surface area (Å²) in [4.78, 5) is 16.9. The molecule has 102 valence electrons. The van der Waals surface area contributed by atoms with Gasteiger partial charge in [-0.3, -0.25) is 4.79 Å². The minimum absolute atomic E-state index is 0.630. The number of imidazole rings is 1. The highest BCUT2D eigenvalue weighted by molar-refractivity contribution is 5.77. The van der Waals surface area contributed by atoms with E-state index in [9.17, 15) is 4.79 Å². The molecule has 0 saturated carbocycles. The van der Waals surface area contributed by atoms with E-state index in [1.54, 1.807) is 30.6 Å². The fourth-order valence-corrected chi connectivity index (χ4v) is 1.60. The molecule has 20 heavy (non-hydrogen) atoms. The largest absolute Gasteiger partial charge is 0.399 e. The predicted molar refractivity (Wildman–Crippen MR) is 81.0 cm³/mol. The number of carbonyl (C=O) groups is 1. The first kappa shape index (κ1) is 13.4. The van der Waals surface area contributed by atoms with E-state index >= 15 is 0 Å². The highest BCUT2D eigenvalue weighted by atomic mass is 16.1. The van der Waals surface area contributed by atoms with Gasteiger partial charge in [0.25, 0.3) is 0 Å². The first-order valence-corrected chi connectivity index (χ1v) is 5.93. The molecule has 0 unspecified atom stereocenters. The lowest BCUT2D eigenvalue weighted by atomic mass is 10.3. The van der Waals surface area contributed by atoms with Crippen LogP contribution in [0.25, 0.3) is 11.0 Å². The van der Waals surface area contributed by atoms with Gasteiger partial charge in [0, 0.05) is 17.1 Å². The van der Waals surface area contributed by atoms with Crippen LogP contribution in [-0.4, -0.2) is 16.4 Å². The summed E-state index contributed by atoms with van der Waals surface area (Å²) in [5, 5.41) is 2.50. The molecule has 0 spiro atoms. The van der Waals surface area contributed by atoms with E-state index in [0.717, 1.165) is 22.4 Å². The monoisotopic (exact) mass is 269 g/mol. The third kappa shape index (κ3) is 3.49. The Hall–Kier alpha value is -3.02. The summed E-state index contributed by atoms with van der Waals surface area (Å²) in [5.41, 5.74) is 15.1. The van der Waals surface area contributed by atoms with Crippen molar-refractivity contribution in [1.82, 2.24) is 9.97 Å². The normalized spacial score (nSPS) is 9.60. The van der Waals surface area contributed by atoms with Gasteiger partial charge >= 0.3 is 0 Å². The number of nitrogens with zero attached hydrogens (tertiary/aromatic N) is 1. The molecule has 6 N–H and O–H groups in total. The molecule has 6 heteroatoms. The second kappa shape index (κ2) is 6.24. The summed E-state index contributed by atoms with van der Waals surface area (Å²) in [5.74, 6) is 0. The molecule has 0 radical (unpaired) electrons. The van der Waals surface area contributed by atoms with Gasteiger partial charge in [0.15, 0.2) is 0 Å². The molecule has 1 heterocycles.